The molecule has 2 heterocycles. The van der Waals surface area contributed by atoms with E-state index in [4.69, 9.17) is 4.98 Å². The first-order chi connectivity index (χ1) is 13.1. The van der Waals surface area contributed by atoms with Crippen molar-refractivity contribution in [3.05, 3.63) is 83.7 Å². The van der Waals surface area contributed by atoms with Crippen LogP contribution in [0.3, 0.4) is 0 Å². The number of aromatic nitrogens is 3. The van der Waals surface area contributed by atoms with Crippen molar-refractivity contribution < 1.29 is 4.79 Å². The van der Waals surface area contributed by atoms with Crippen LogP contribution in [0, 0.1) is 13.8 Å². The molecule has 27 heavy (non-hydrogen) atoms. The second-order valence-corrected chi connectivity index (χ2v) is 6.37. The highest BCUT2D eigenvalue weighted by atomic mass is 16.1. The van der Waals surface area contributed by atoms with Gasteiger partial charge in [0, 0.05) is 22.3 Å². The van der Waals surface area contributed by atoms with Gasteiger partial charge in [-0.3, -0.25) is 10.1 Å². The Balaban J connectivity index is 1.81. The largest absolute Gasteiger partial charge is 0.290 e. The Hall–Kier alpha value is -3.60. The van der Waals surface area contributed by atoms with E-state index in [1.807, 2.05) is 80.6 Å². The van der Waals surface area contributed by atoms with Gasteiger partial charge >= 0.3 is 0 Å². The van der Waals surface area contributed by atoms with E-state index in [0.29, 0.717) is 11.5 Å². The molecule has 5 nitrogen and oxygen atoms in total. The van der Waals surface area contributed by atoms with E-state index in [9.17, 15) is 4.79 Å². The molecule has 4 aromatic rings. The maximum atomic E-state index is 13.0. The van der Waals surface area contributed by atoms with Crippen LogP contribution >= 0.6 is 0 Å². The van der Waals surface area contributed by atoms with Crippen LogP contribution < -0.4 is 5.32 Å². The molecule has 1 amide bonds. The Morgan fingerprint density at radius 2 is 1.48 bits per heavy atom. The van der Waals surface area contributed by atoms with Crippen LogP contribution in [0.2, 0.25) is 0 Å². The Morgan fingerprint density at radius 1 is 0.815 bits per heavy atom. The van der Waals surface area contributed by atoms with E-state index in [1.165, 1.54) is 0 Å². The Kier molecular flexibility index (Phi) is 4.34. The van der Waals surface area contributed by atoms with Crippen LogP contribution in [0.4, 0.5) is 5.95 Å². The van der Waals surface area contributed by atoms with Gasteiger partial charge in [0.05, 0.1) is 16.8 Å². The zero-order valence-corrected chi connectivity index (χ0v) is 15.1. The lowest BCUT2D eigenvalue weighted by Gasteiger charge is -2.10. The number of carbonyl (C=O) groups is 1. The van der Waals surface area contributed by atoms with Gasteiger partial charge in [-0.1, -0.05) is 48.5 Å². The van der Waals surface area contributed by atoms with Crippen molar-refractivity contribution in [3.63, 3.8) is 0 Å². The molecule has 1 N–H and O–H groups in total. The van der Waals surface area contributed by atoms with E-state index < -0.39 is 0 Å². The SMILES string of the molecule is Cc1cc(C)nc(NC(=O)c2cc(-c3ccccc3)nc3ccccc23)n1. The van der Waals surface area contributed by atoms with Crippen molar-refractivity contribution in [2.24, 2.45) is 0 Å². The maximum absolute atomic E-state index is 13.0. The highest BCUT2D eigenvalue weighted by Gasteiger charge is 2.15. The van der Waals surface area contributed by atoms with Crippen molar-refractivity contribution in [2.75, 3.05) is 5.32 Å². The highest BCUT2D eigenvalue weighted by Crippen LogP contribution is 2.25. The summed E-state index contributed by atoms with van der Waals surface area (Å²) in [6, 6.07) is 21.1. The molecule has 4 rings (SSSR count). The van der Waals surface area contributed by atoms with Crippen LogP contribution in [-0.2, 0) is 0 Å². The van der Waals surface area contributed by atoms with E-state index in [-0.39, 0.29) is 5.91 Å². The van der Waals surface area contributed by atoms with E-state index in [1.54, 1.807) is 0 Å². The summed E-state index contributed by atoms with van der Waals surface area (Å²) in [6.07, 6.45) is 0. The first kappa shape index (κ1) is 16.8. The third-order valence-corrected chi connectivity index (χ3v) is 4.24. The van der Waals surface area contributed by atoms with Gasteiger partial charge in [0.2, 0.25) is 5.95 Å². The number of hydrogen-bond acceptors (Lipinski definition) is 4. The molecule has 0 spiro atoms. The minimum Gasteiger partial charge on any atom is -0.290 e. The predicted octanol–water partition coefficient (Wildman–Crippen LogP) is 4.56. The van der Waals surface area contributed by atoms with Crippen LogP contribution in [-0.4, -0.2) is 20.9 Å². The number of carbonyl (C=O) groups excluding carboxylic acids is 1. The molecule has 0 unspecified atom stereocenters. The normalized spacial score (nSPS) is 10.7. The first-order valence-electron chi connectivity index (χ1n) is 8.69. The summed E-state index contributed by atoms with van der Waals surface area (Å²) in [5.41, 5.74) is 4.64. The zero-order chi connectivity index (χ0) is 18.8. The van der Waals surface area contributed by atoms with Gasteiger partial charge in [0.25, 0.3) is 5.91 Å². The molecule has 0 aliphatic rings. The van der Waals surface area contributed by atoms with Gasteiger partial charge in [-0.2, -0.15) is 0 Å². The number of nitrogens with zero attached hydrogens (tertiary/aromatic N) is 3. The number of hydrogen-bond donors (Lipinski definition) is 1. The molecular weight excluding hydrogens is 336 g/mol. The monoisotopic (exact) mass is 354 g/mol. The lowest BCUT2D eigenvalue weighted by atomic mass is 10.0. The van der Waals surface area contributed by atoms with Gasteiger partial charge < -0.3 is 0 Å². The summed E-state index contributed by atoms with van der Waals surface area (Å²) in [5, 5.41) is 3.61. The Labute approximate surface area is 157 Å². The predicted molar refractivity (Wildman–Crippen MR) is 107 cm³/mol. The molecule has 0 aliphatic heterocycles. The minimum atomic E-state index is -0.254. The summed E-state index contributed by atoms with van der Waals surface area (Å²) >= 11 is 0. The van der Waals surface area contributed by atoms with Crippen molar-refractivity contribution >= 4 is 22.8 Å². The Bertz CT molecular complexity index is 1120. The number of fused-ring (bicyclic) bond motifs is 1. The van der Waals surface area contributed by atoms with Crippen LogP contribution in [0.25, 0.3) is 22.2 Å². The smallest absolute Gasteiger partial charge is 0.258 e. The molecule has 0 bridgehead atoms. The van der Waals surface area contributed by atoms with Gasteiger partial charge in [-0.05, 0) is 32.0 Å². The molecule has 5 heteroatoms. The van der Waals surface area contributed by atoms with Gasteiger partial charge in [-0.25, -0.2) is 15.0 Å². The van der Waals surface area contributed by atoms with Crippen molar-refractivity contribution in [3.8, 4) is 11.3 Å². The molecule has 0 saturated carbocycles. The van der Waals surface area contributed by atoms with Gasteiger partial charge in [0.15, 0.2) is 0 Å². The molecule has 0 radical (unpaired) electrons. The second kappa shape index (κ2) is 6.96. The van der Waals surface area contributed by atoms with E-state index in [0.717, 1.165) is 33.5 Å². The van der Waals surface area contributed by atoms with E-state index >= 15 is 0 Å². The topological polar surface area (TPSA) is 67.8 Å². The van der Waals surface area contributed by atoms with Crippen LogP contribution in [0.1, 0.15) is 21.7 Å². The first-order valence-corrected chi connectivity index (χ1v) is 8.69. The van der Waals surface area contributed by atoms with Crippen LogP contribution in [0.5, 0.6) is 0 Å². The molecule has 0 aliphatic carbocycles. The molecule has 0 saturated heterocycles. The number of pyridine rings is 1. The van der Waals surface area contributed by atoms with Gasteiger partial charge in [-0.15, -0.1) is 0 Å². The molecular formula is C22H18N4O. The van der Waals surface area contributed by atoms with Crippen molar-refractivity contribution in [1.82, 2.24) is 15.0 Å². The molecule has 0 atom stereocenters. The third-order valence-electron chi connectivity index (χ3n) is 4.24. The lowest BCUT2D eigenvalue weighted by Crippen LogP contribution is -2.16. The second-order valence-electron chi connectivity index (χ2n) is 6.37. The van der Waals surface area contributed by atoms with Gasteiger partial charge in [0.1, 0.15) is 0 Å². The zero-order valence-electron chi connectivity index (χ0n) is 15.1. The van der Waals surface area contributed by atoms with Crippen molar-refractivity contribution in [2.45, 2.75) is 13.8 Å². The summed E-state index contributed by atoms with van der Waals surface area (Å²) in [5.74, 6) is 0.0513. The maximum Gasteiger partial charge on any atom is 0.258 e. The molecule has 2 aromatic heterocycles. The molecule has 2 aromatic carbocycles. The summed E-state index contributed by atoms with van der Waals surface area (Å²) in [7, 11) is 0. The number of anilines is 1. The number of benzene rings is 2. The van der Waals surface area contributed by atoms with Crippen molar-refractivity contribution in [1.29, 1.82) is 0 Å². The molecule has 0 fully saturated rings. The fourth-order valence-corrected chi connectivity index (χ4v) is 3.07. The third kappa shape index (κ3) is 3.53. The number of nitrogens with one attached hydrogen (secondary N) is 1. The number of para-hydroxylation sites is 1. The summed E-state index contributed by atoms with van der Waals surface area (Å²) < 4.78 is 0. The Morgan fingerprint density at radius 3 is 2.22 bits per heavy atom. The number of aryl methyl sites for hydroxylation is 2. The highest BCUT2D eigenvalue weighted by molar-refractivity contribution is 6.12. The standard InChI is InChI=1S/C22H18N4O/c1-14-12-15(2)24-22(23-14)26-21(27)18-13-20(16-8-4-3-5-9-16)25-19-11-7-6-10-17(18)19/h3-13H,1-2H3,(H,23,24,26,27). The molecule has 132 valence electrons. The average molecular weight is 354 g/mol. The number of rotatable bonds is 3. The fraction of sp³-hybridized carbons (Fsp3) is 0.0909. The van der Waals surface area contributed by atoms with Crippen LogP contribution in [0.15, 0.2) is 66.7 Å². The average Bonchev–Trinajstić information content (AvgIpc) is 2.67. The fourth-order valence-electron chi connectivity index (χ4n) is 3.07. The number of amides is 1. The summed E-state index contributed by atoms with van der Waals surface area (Å²) in [6.45, 7) is 3.75. The lowest BCUT2D eigenvalue weighted by molar-refractivity contribution is 0.102. The quantitative estimate of drug-likeness (QED) is 0.585. The van der Waals surface area contributed by atoms with E-state index in [2.05, 4.69) is 15.3 Å². The summed E-state index contributed by atoms with van der Waals surface area (Å²) in [4.78, 5) is 26.3. The minimum absolute atomic E-state index is 0.254.